The number of amides is 1. The van der Waals surface area contributed by atoms with Gasteiger partial charge in [0.2, 0.25) is 0 Å². The highest BCUT2D eigenvalue weighted by Crippen LogP contribution is 2.29. The summed E-state index contributed by atoms with van der Waals surface area (Å²) in [5, 5.41) is 2.58. The summed E-state index contributed by atoms with van der Waals surface area (Å²) in [6, 6.07) is 3.86. The molecule has 1 aromatic heterocycles. The van der Waals surface area contributed by atoms with Crippen molar-refractivity contribution in [2.45, 2.75) is 19.1 Å². The maximum Gasteiger partial charge on any atom is 0.416 e. The number of halogens is 3. The number of hydrogen-bond donors (Lipinski definition) is 2. The summed E-state index contributed by atoms with van der Waals surface area (Å²) in [6.45, 7) is 1.68. The Morgan fingerprint density at radius 1 is 1.40 bits per heavy atom. The number of hydrogen-bond acceptors (Lipinski definition) is 2. The van der Waals surface area contributed by atoms with Gasteiger partial charge in [-0.05, 0) is 25.1 Å². The summed E-state index contributed by atoms with van der Waals surface area (Å²) in [7, 11) is 0. The van der Waals surface area contributed by atoms with Gasteiger partial charge >= 0.3 is 6.18 Å². The highest BCUT2D eigenvalue weighted by atomic mass is 19.4. The highest BCUT2D eigenvalue weighted by Gasteiger charge is 2.31. The van der Waals surface area contributed by atoms with E-state index in [4.69, 9.17) is 0 Å². The van der Waals surface area contributed by atoms with Crippen LogP contribution in [0.1, 0.15) is 34.7 Å². The average Bonchev–Trinajstić information content (AvgIpc) is 2.91. The van der Waals surface area contributed by atoms with E-state index in [1.54, 1.807) is 13.1 Å². The van der Waals surface area contributed by atoms with Crippen molar-refractivity contribution in [1.82, 2.24) is 15.3 Å². The number of H-pyrrole nitrogens is 1. The first-order chi connectivity index (χ1) is 9.38. The van der Waals surface area contributed by atoms with E-state index < -0.39 is 23.7 Å². The third-order valence-corrected chi connectivity index (χ3v) is 2.73. The number of imidazole rings is 1. The zero-order valence-corrected chi connectivity index (χ0v) is 10.5. The molecule has 1 atom stereocenters. The standard InChI is InChI=1S/C13H12F3N3O/c1-8(11-17-5-6-18-11)19-12(20)9-3-2-4-10(7-9)13(14,15)16/h2-8H,1H3,(H,17,18)(H,19,20). The predicted molar refractivity (Wildman–Crippen MR) is 65.9 cm³/mol. The quantitative estimate of drug-likeness (QED) is 0.910. The molecule has 1 amide bonds. The topological polar surface area (TPSA) is 57.8 Å². The Morgan fingerprint density at radius 2 is 2.15 bits per heavy atom. The first kappa shape index (κ1) is 14.1. The summed E-state index contributed by atoms with van der Waals surface area (Å²) in [6.07, 6.45) is -1.34. The van der Waals surface area contributed by atoms with Gasteiger partial charge in [0, 0.05) is 18.0 Å². The van der Waals surface area contributed by atoms with E-state index in [-0.39, 0.29) is 5.56 Å². The van der Waals surface area contributed by atoms with Gasteiger partial charge in [-0.15, -0.1) is 0 Å². The van der Waals surface area contributed by atoms with Crippen molar-refractivity contribution in [2.24, 2.45) is 0 Å². The number of carbonyl (C=O) groups excluding carboxylic acids is 1. The maximum absolute atomic E-state index is 12.6. The molecule has 0 radical (unpaired) electrons. The lowest BCUT2D eigenvalue weighted by Crippen LogP contribution is -2.27. The van der Waals surface area contributed by atoms with Gasteiger partial charge < -0.3 is 10.3 Å². The van der Waals surface area contributed by atoms with E-state index in [0.29, 0.717) is 5.82 Å². The first-order valence-corrected chi connectivity index (χ1v) is 5.85. The Balaban J connectivity index is 2.14. The molecule has 2 N–H and O–H groups in total. The van der Waals surface area contributed by atoms with Gasteiger partial charge in [-0.3, -0.25) is 4.79 Å². The van der Waals surface area contributed by atoms with Gasteiger partial charge in [0.15, 0.2) is 0 Å². The van der Waals surface area contributed by atoms with Gasteiger partial charge in [-0.2, -0.15) is 13.2 Å². The zero-order chi connectivity index (χ0) is 14.8. The lowest BCUT2D eigenvalue weighted by Gasteiger charge is -2.13. The van der Waals surface area contributed by atoms with Crippen LogP contribution in [0, 0.1) is 0 Å². The number of aromatic nitrogens is 2. The second kappa shape index (κ2) is 5.36. The molecule has 1 unspecified atom stereocenters. The van der Waals surface area contributed by atoms with Crippen molar-refractivity contribution in [2.75, 3.05) is 0 Å². The normalized spacial score (nSPS) is 13.0. The molecule has 1 heterocycles. The number of aromatic amines is 1. The fourth-order valence-electron chi connectivity index (χ4n) is 1.70. The summed E-state index contributed by atoms with van der Waals surface area (Å²) in [4.78, 5) is 18.7. The molecule has 0 saturated heterocycles. The number of carbonyl (C=O) groups is 1. The molecule has 0 spiro atoms. The Morgan fingerprint density at radius 3 is 2.75 bits per heavy atom. The van der Waals surface area contributed by atoms with Crippen molar-refractivity contribution in [3.63, 3.8) is 0 Å². The minimum Gasteiger partial charge on any atom is -0.347 e. The van der Waals surface area contributed by atoms with Crippen LogP contribution in [-0.2, 0) is 6.18 Å². The van der Waals surface area contributed by atoms with Crippen LogP contribution in [0.5, 0.6) is 0 Å². The largest absolute Gasteiger partial charge is 0.416 e. The third kappa shape index (κ3) is 3.17. The van der Waals surface area contributed by atoms with Crippen molar-refractivity contribution in [3.05, 3.63) is 53.6 Å². The van der Waals surface area contributed by atoms with Crippen LogP contribution in [0.15, 0.2) is 36.7 Å². The van der Waals surface area contributed by atoms with Crippen molar-refractivity contribution >= 4 is 5.91 Å². The zero-order valence-electron chi connectivity index (χ0n) is 10.5. The molecular weight excluding hydrogens is 271 g/mol. The molecule has 0 fully saturated rings. The molecule has 2 aromatic rings. The molecule has 0 bridgehead atoms. The van der Waals surface area contributed by atoms with E-state index >= 15 is 0 Å². The molecule has 0 aliphatic rings. The monoisotopic (exact) mass is 283 g/mol. The van der Waals surface area contributed by atoms with Crippen LogP contribution >= 0.6 is 0 Å². The lowest BCUT2D eigenvalue weighted by atomic mass is 10.1. The van der Waals surface area contributed by atoms with E-state index in [2.05, 4.69) is 15.3 Å². The van der Waals surface area contributed by atoms with E-state index in [1.165, 1.54) is 18.3 Å². The Labute approximate surface area is 113 Å². The average molecular weight is 283 g/mol. The molecule has 2 rings (SSSR count). The molecular formula is C13H12F3N3O. The van der Waals surface area contributed by atoms with E-state index in [0.717, 1.165) is 12.1 Å². The molecule has 0 aliphatic heterocycles. The van der Waals surface area contributed by atoms with Crippen molar-refractivity contribution in [1.29, 1.82) is 0 Å². The Bertz CT molecular complexity index is 593. The highest BCUT2D eigenvalue weighted by molar-refractivity contribution is 5.94. The van der Waals surface area contributed by atoms with Crippen molar-refractivity contribution in [3.8, 4) is 0 Å². The fraction of sp³-hybridized carbons (Fsp3) is 0.231. The minimum absolute atomic E-state index is 0.0433. The summed E-state index contributed by atoms with van der Waals surface area (Å²) in [5.41, 5.74) is -0.894. The molecule has 20 heavy (non-hydrogen) atoms. The van der Waals surface area contributed by atoms with Gasteiger partial charge in [0.1, 0.15) is 5.82 Å². The third-order valence-electron chi connectivity index (χ3n) is 2.73. The number of nitrogens with one attached hydrogen (secondary N) is 2. The second-order valence-corrected chi connectivity index (χ2v) is 4.25. The minimum atomic E-state index is -4.47. The van der Waals surface area contributed by atoms with Crippen LogP contribution in [0.25, 0.3) is 0 Å². The van der Waals surface area contributed by atoms with Gasteiger partial charge in [-0.25, -0.2) is 4.98 Å². The summed E-state index contributed by atoms with van der Waals surface area (Å²) < 4.78 is 37.7. The fourth-order valence-corrected chi connectivity index (χ4v) is 1.70. The molecule has 1 aromatic carbocycles. The predicted octanol–water partition coefficient (Wildman–Crippen LogP) is 2.92. The molecule has 7 heteroatoms. The second-order valence-electron chi connectivity index (χ2n) is 4.25. The number of alkyl halides is 3. The van der Waals surface area contributed by atoms with Crippen molar-refractivity contribution < 1.29 is 18.0 Å². The summed E-state index contributed by atoms with van der Waals surface area (Å²) >= 11 is 0. The van der Waals surface area contributed by atoms with Crippen LogP contribution < -0.4 is 5.32 Å². The Kier molecular flexibility index (Phi) is 3.78. The number of rotatable bonds is 3. The molecule has 4 nitrogen and oxygen atoms in total. The number of benzene rings is 1. The molecule has 106 valence electrons. The van der Waals surface area contributed by atoms with Crippen LogP contribution in [0.3, 0.4) is 0 Å². The van der Waals surface area contributed by atoms with Gasteiger partial charge in [-0.1, -0.05) is 6.07 Å². The van der Waals surface area contributed by atoms with Crippen LogP contribution in [-0.4, -0.2) is 15.9 Å². The van der Waals surface area contributed by atoms with Gasteiger partial charge in [0.05, 0.1) is 11.6 Å². The van der Waals surface area contributed by atoms with Crippen LogP contribution in [0.4, 0.5) is 13.2 Å². The van der Waals surface area contributed by atoms with Gasteiger partial charge in [0.25, 0.3) is 5.91 Å². The molecule has 0 aliphatic carbocycles. The molecule has 0 saturated carbocycles. The van der Waals surface area contributed by atoms with E-state index in [9.17, 15) is 18.0 Å². The maximum atomic E-state index is 12.6. The smallest absolute Gasteiger partial charge is 0.347 e. The van der Waals surface area contributed by atoms with Crippen LogP contribution in [0.2, 0.25) is 0 Å². The number of nitrogens with zero attached hydrogens (tertiary/aromatic N) is 1. The SMILES string of the molecule is CC(NC(=O)c1cccc(C(F)(F)F)c1)c1ncc[nH]1. The van der Waals surface area contributed by atoms with E-state index in [1.807, 2.05) is 0 Å². The lowest BCUT2D eigenvalue weighted by molar-refractivity contribution is -0.137. The first-order valence-electron chi connectivity index (χ1n) is 5.85. The summed E-state index contributed by atoms with van der Waals surface area (Å²) in [5.74, 6) is -0.0506. The Hall–Kier alpha value is -2.31.